The largest absolute Gasteiger partial charge is 0.491 e. The highest BCUT2D eigenvalue weighted by molar-refractivity contribution is 5.99. The zero-order chi connectivity index (χ0) is 19.3. The summed E-state index contributed by atoms with van der Waals surface area (Å²) in [6.45, 7) is 5.60. The molecule has 0 spiro atoms. The maximum Gasteiger partial charge on any atom is 0.301 e. The van der Waals surface area contributed by atoms with Crippen LogP contribution in [0.1, 0.15) is 26.3 Å². The molecule has 0 amide bonds. The predicted molar refractivity (Wildman–Crippen MR) is 97.8 cm³/mol. The smallest absolute Gasteiger partial charge is 0.301 e. The van der Waals surface area contributed by atoms with Crippen LogP contribution in [0.25, 0.3) is 0 Å². The number of hydrogen-bond donors (Lipinski definition) is 1. The van der Waals surface area contributed by atoms with Crippen molar-refractivity contribution < 1.29 is 14.6 Å². The molecule has 9 nitrogen and oxygen atoms in total. The van der Waals surface area contributed by atoms with E-state index in [0.29, 0.717) is 5.71 Å². The lowest BCUT2D eigenvalue weighted by Crippen LogP contribution is -2.06. The quantitative estimate of drug-likeness (QED) is 0.451. The Bertz CT molecular complexity index is 847. The molecule has 9 heteroatoms. The van der Waals surface area contributed by atoms with Gasteiger partial charge in [-0.25, -0.2) is 0 Å². The molecule has 2 rings (SSSR count). The van der Waals surface area contributed by atoms with Crippen LogP contribution in [-0.2, 0) is 0 Å². The molecule has 0 aliphatic carbocycles. The first-order valence-corrected chi connectivity index (χ1v) is 7.78. The molecule has 0 fully saturated rings. The summed E-state index contributed by atoms with van der Waals surface area (Å²) in [6, 6.07) is 10.6. The molecule has 1 N–H and O–H groups in total. The van der Waals surface area contributed by atoms with Gasteiger partial charge in [0.05, 0.1) is 27.7 Å². The Kier molecular flexibility index (Phi) is 5.84. The number of anilines is 1. The first-order chi connectivity index (χ1) is 12.3. The molecule has 0 radical (unpaired) electrons. The van der Waals surface area contributed by atoms with Crippen LogP contribution in [0.4, 0.5) is 17.1 Å². The van der Waals surface area contributed by atoms with E-state index in [0.717, 1.165) is 17.4 Å². The fourth-order valence-electron chi connectivity index (χ4n) is 2.13. The molecule has 0 saturated carbocycles. The van der Waals surface area contributed by atoms with E-state index < -0.39 is 15.5 Å². The van der Waals surface area contributed by atoms with E-state index in [1.807, 2.05) is 38.1 Å². The van der Waals surface area contributed by atoms with Gasteiger partial charge in [0, 0.05) is 6.07 Å². The van der Waals surface area contributed by atoms with Gasteiger partial charge in [-0.15, -0.1) is 0 Å². The third-order valence-corrected chi connectivity index (χ3v) is 3.38. The van der Waals surface area contributed by atoms with Crippen LogP contribution in [0.2, 0.25) is 0 Å². The minimum atomic E-state index is -0.696. The van der Waals surface area contributed by atoms with Gasteiger partial charge in [-0.2, -0.15) is 5.10 Å². The Labute approximate surface area is 149 Å². The molecule has 0 aromatic heterocycles. The van der Waals surface area contributed by atoms with Crippen molar-refractivity contribution in [3.05, 3.63) is 68.3 Å². The molecular formula is C17H18N4O5. The highest BCUT2D eigenvalue weighted by Crippen LogP contribution is 2.29. The molecular weight excluding hydrogens is 340 g/mol. The summed E-state index contributed by atoms with van der Waals surface area (Å²) in [5.41, 5.74) is 3.29. The lowest BCUT2D eigenvalue weighted by Gasteiger charge is -2.10. The van der Waals surface area contributed by atoms with Gasteiger partial charge in [0.15, 0.2) is 0 Å². The standard InChI is InChI=1S/C17H18N4O5/c1-11(2)26-15-7-4-13(5-8-15)12(3)18-19-16-9-6-14(20(22)23)10-17(16)21(24)25/h4-11,19H,1-3H3/b18-12-. The Morgan fingerprint density at radius 3 is 2.27 bits per heavy atom. The van der Waals surface area contributed by atoms with Gasteiger partial charge in [0.25, 0.3) is 5.69 Å². The van der Waals surface area contributed by atoms with E-state index >= 15 is 0 Å². The number of benzene rings is 2. The molecule has 0 saturated heterocycles. The summed E-state index contributed by atoms with van der Waals surface area (Å²) < 4.78 is 5.57. The number of non-ortho nitro benzene ring substituents is 1. The number of rotatable bonds is 7. The summed E-state index contributed by atoms with van der Waals surface area (Å²) in [6.07, 6.45) is 0.0694. The van der Waals surface area contributed by atoms with Gasteiger partial charge in [0.1, 0.15) is 11.4 Å². The molecule has 0 heterocycles. The number of nitro groups is 2. The highest BCUT2D eigenvalue weighted by Gasteiger charge is 2.19. The molecule has 0 aliphatic rings. The molecule has 0 atom stereocenters. The van der Waals surface area contributed by atoms with Crippen LogP contribution >= 0.6 is 0 Å². The third-order valence-electron chi connectivity index (χ3n) is 3.38. The van der Waals surface area contributed by atoms with Crippen molar-refractivity contribution in [3.8, 4) is 5.75 Å². The molecule has 2 aromatic rings. The SMILES string of the molecule is C/C(=N/Nc1ccc([N+](=O)[O-])cc1[N+](=O)[O-])c1ccc(OC(C)C)cc1. The first kappa shape index (κ1) is 18.8. The monoisotopic (exact) mass is 358 g/mol. The van der Waals surface area contributed by atoms with Crippen LogP contribution in [0.3, 0.4) is 0 Å². The molecule has 136 valence electrons. The Morgan fingerprint density at radius 1 is 1.08 bits per heavy atom. The average molecular weight is 358 g/mol. The number of hydrogen-bond acceptors (Lipinski definition) is 7. The fourth-order valence-corrected chi connectivity index (χ4v) is 2.13. The van der Waals surface area contributed by atoms with Crippen LogP contribution in [0, 0.1) is 20.2 Å². The van der Waals surface area contributed by atoms with Gasteiger partial charge in [-0.05, 0) is 56.7 Å². The van der Waals surface area contributed by atoms with Crippen LogP contribution in [0.5, 0.6) is 5.75 Å². The lowest BCUT2D eigenvalue weighted by molar-refractivity contribution is -0.393. The van der Waals surface area contributed by atoms with Crippen molar-refractivity contribution in [3.63, 3.8) is 0 Å². The number of nitrogens with one attached hydrogen (secondary N) is 1. The van der Waals surface area contributed by atoms with E-state index in [9.17, 15) is 20.2 Å². The molecule has 0 bridgehead atoms. The van der Waals surface area contributed by atoms with Crippen LogP contribution in [-0.4, -0.2) is 21.7 Å². The molecule has 0 unspecified atom stereocenters. The summed E-state index contributed by atoms with van der Waals surface area (Å²) in [5, 5.41) is 26.0. The zero-order valence-electron chi connectivity index (χ0n) is 14.5. The maximum atomic E-state index is 11.1. The molecule has 26 heavy (non-hydrogen) atoms. The Balaban J connectivity index is 2.20. The third kappa shape index (κ3) is 4.76. The minimum absolute atomic E-state index is 0.0692. The second-order valence-corrected chi connectivity index (χ2v) is 5.72. The van der Waals surface area contributed by atoms with E-state index in [2.05, 4.69) is 10.5 Å². The van der Waals surface area contributed by atoms with E-state index in [-0.39, 0.29) is 17.5 Å². The summed E-state index contributed by atoms with van der Waals surface area (Å²) in [5.74, 6) is 0.732. The topological polar surface area (TPSA) is 120 Å². The number of hydrazone groups is 1. The second kappa shape index (κ2) is 8.06. The van der Waals surface area contributed by atoms with Gasteiger partial charge in [0.2, 0.25) is 0 Å². The predicted octanol–water partition coefficient (Wildman–Crippen LogP) is 4.13. The summed E-state index contributed by atoms with van der Waals surface area (Å²) in [4.78, 5) is 20.5. The van der Waals surface area contributed by atoms with Crippen LogP contribution in [0.15, 0.2) is 47.6 Å². The summed E-state index contributed by atoms with van der Waals surface area (Å²) in [7, 11) is 0. The Morgan fingerprint density at radius 2 is 1.73 bits per heavy atom. The number of ether oxygens (including phenoxy) is 1. The van der Waals surface area contributed by atoms with Crippen molar-refractivity contribution >= 4 is 22.8 Å². The number of nitrogens with zero attached hydrogens (tertiary/aromatic N) is 3. The van der Waals surface area contributed by atoms with Crippen molar-refractivity contribution in [2.24, 2.45) is 5.10 Å². The van der Waals surface area contributed by atoms with Crippen molar-refractivity contribution in [1.82, 2.24) is 0 Å². The van der Waals surface area contributed by atoms with Crippen molar-refractivity contribution in [2.75, 3.05) is 5.43 Å². The van der Waals surface area contributed by atoms with Crippen LogP contribution < -0.4 is 10.2 Å². The fraction of sp³-hybridized carbons (Fsp3) is 0.235. The van der Waals surface area contributed by atoms with E-state index in [4.69, 9.17) is 4.74 Å². The minimum Gasteiger partial charge on any atom is -0.491 e. The van der Waals surface area contributed by atoms with Gasteiger partial charge in [-0.3, -0.25) is 25.7 Å². The van der Waals surface area contributed by atoms with Crippen molar-refractivity contribution in [2.45, 2.75) is 26.9 Å². The molecule has 2 aromatic carbocycles. The van der Waals surface area contributed by atoms with Crippen molar-refractivity contribution in [1.29, 1.82) is 0 Å². The second-order valence-electron chi connectivity index (χ2n) is 5.72. The zero-order valence-corrected chi connectivity index (χ0v) is 14.5. The summed E-state index contributed by atoms with van der Waals surface area (Å²) >= 11 is 0. The van der Waals surface area contributed by atoms with E-state index in [1.54, 1.807) is 6.92 Å². The lowest BCUT2D eigenvalue weighted by atomic mass is 10.1. The average Bonchev–Trinajstić information content (AvgIpc) is 2.59. The number of nitro benzene ring substituents is 2. The van der Waals surface area contributed by atoms with Gasteiger partial charge < -0.3 is 4.74 Å². The van der Waals surface area contributed by atoms with Gasteiger partial charge in [-0.1, -0.05) is 0 Å². The highest BCUT2D eigenvalue weighted by atomic mass is 16.6. The normalized spacial score (nSPS) is 11.3. The Hall–Kier alpha value is -3.49. The van der Waals surface area contributed by atoms with Gasteiger partial charge >= 0.3 is 5.69 Å². The first-order valence-electron chi connectivity index (χ1n) is 7.78. The molecule has 0 aliphatic heterocycles. The maximum absolute atomic E-state index is 11.1. The van der Waals surface area contributed by atoms with E-state index in [1.165, 1.54) is 12.1 Å².